The highest BCUT2D eigenvalue weighted by molar-refractivity contribution is 6.30. The van der Waals surface area contributed by atoms with Crippen LogP contribution in [-0.4, -0.2) is 16.6 Å². The van der Waals surface area contributed by atoms with Gasteiger partial charge in [0.1, 0.15) is 16.9 Å². The summed E-state index contributed by atoms with van der Waals surface area (Å²) in [7, 11) is 0. The average Bonchev–Trinajstić information content (AvgIpc) is 2.87. The summed E-state index contributed by atoms with van der Waals surface area (Å²) in [6, 6.07) is 11.3. The minimum absolute atomic E-state index is 0.169. The van der Waals surface area contributed by atoms with Crippen LogP contribution in [0.5, 0.6) is 0 Å². The van der Waals surface area contributed by atoms with Gasteiger partial charge in [-0.3, -0.25) is 0 Å². The summed E-state index contributed by atoms with van der Waals surface area (Å²) in [6.07, 6.45) is 0. The lowest BCUT2D eigenvalue weighted by atomic mass is 9.96. The monoisotopic (exact) mass is 320 g/mol. The standard InChI is InChI=1S/C16H14ClFN2O2/c1-16(21,10-3-2-4-11(17)7-10)9-19-15-20-13-8-12(18)5-6-14(13)22-15/h2-8,21H,9H2,1H3,(H,19,20). The lowest BCUT2D eigenvalue weighted by molar-refractivity contribution is 0.0710. The number of fused-ring (bicyclic) bond motifs is 1. The van der Waals surface area contributed by atoms with Crippen LogP contribution >= 0.6 is 11.6 Å². The number of halogens is 2. The first-order valence-electron chi connectivity index (χ1n) is 6.72. The molecule has 0 spiro atoms. The first kappa shape index (κ1) is 14.8. The van der Waals surface area contributed by atoms with Crippen molar-refractivity contribution >= 4 is 28.7 Å². The molecule has 2 N–H and O–H groups in total. The molecule has 22 heavy (non-hydrogen) atoms. The Morgan fingerprint density at radius 2 is 2.14 bits per heavy atom. The van der Waals surface area contributed by atoms with Crippen LogP contribution in [-0.2, 0) is 5.60 Å². The van der Waals surface area contributed by atoms with E-state index in [2.05, 4.69) is 10.3 Å². The SMILES string of the molecule is CC(O)(CNc1nc2cc(F)ccc2o1)c1cccc(Cl)c1. The first-order chi connectivity index (χ1) is 10.4. The molecule has 1 unspecified atom stereocenters. The maximum Gasteiger partial charge on any atom is 0.295 e. The molecule has 0 amide bonds. The summed E-state index contributed by atoms with van der Waals surface area (Å²) >= 11 is 5.94. The molecule has 3 rings (SSSR count). The number of oxazole rings is 1. The maximum atomic E-state index is 13.1. The van der Waals surface area contributed by atoms with Crippen LogP contribution in [0.2, 0.25) is 5.02 Å². The van der Waals surface area contributed by atoms with E-state index in [4.69, 9.17) is 16.0 Å². The highest BCUT2D eigenvalue weighted by atomic mass is 35.5. The van der Waals surface area contributed by atoms with Crippen LogP contribution < -0.4 is 5.32 Å². The van der Waals surface area contributed by atoms with Gasteiger partial charge in [0.05, 0.1) is 6.54 Å². The van der Waals surface area contributed by atoms with Gasteiger partial charge < -0.3 is 14.8 Å². The molecule has 1 aromatic heterocycles. The number of benzene rings is 2. The second kappa shape index (κ2) is 5.59. The van der Waals surface area contributed by atoms with Gasteiger partial charge in [-0.05, 0) is 36.8 Å². The number of nitrogens with one attached hydrogen (secondary N) is 1. The largest absolute Gasteiger partial charge is 0.424 e. The van der Waals surface area contributed by atoms with E-state index in [0.717, 1.165) is 0 Å². The van der Waals surface area contributed by atoms with Crippen LogP contribution in [0.3, 0.4) is 0 Å². The molecule has 0 radical (unpaired) electrons. The van der Waals surface area contributed by atoms with E-state index in [0.29, 0.717) is 21.7 Å². The Balaban J connectivity index is 1.77. The van der Waals surface area contributed by atoms with Crippen molar-refractivity contribution in [3.63, 3.8) is 0 Å². The van der Waals surface area contributed by atoms with Crippen LogP contribution in [0.4, 0.5) is 10.4 Å². The topological polar surface area (TPSA) is 58.3 Å². The first-order valence-corrected chi connectivity index (χ1v) is 7.10. The van der Waals surface area contributed by atoms with E-state index in [1.807, 2.05) is 0 Å². The molecule has 0 aliphatic heterocycles. The van der Waals surface area contributed by atoms with Crippen molar-refractivity contribution in [3.8, 4) is 0 Å². The predicted octanol–water partition coefficient (Wildman–Crippen LogP) is 3.94. The smallest absolute Gasteiger partial charge is 0.295 e. The summed E-state index contributed by atoms with van der Waals surface area (Å²) in [5, 5.41) is 14.0. The minimum atomic E-state index is -1.16. The Kier molecular flexibility index (Phi) is 3.76. The van der Waals surface area contributed by atoms with Gasteiger partial charge in [0, 0.05) is 11.1 Å². The normalized spacial score (nSPS) is 14.0. The Hall–Kier alpha value is -2.11. The number of aliphatic hydroxyl groups is 1. The number of aromatic nitrogens is 1. The van der Waals surface area contributed by atoms with Crippen molar-refractivity contribution in [1.82, 2.24) is 4.98 Å². The molecule has 0 aliphatic carbocycles. The molecule has 2 aromatic carbocycles. The fraction of sp³-hybridized carbons (Fsp3) is 0.188. The van der Waals surface area contributed by atoms with Crippen molar-refractivity contribution in [1.29, 1.82) is 0 Å². The zero-order valence-electron chi connectivity index (χ0n) is 11.8. The third-order valence-electron chi connectivity index (χ3n) is 3.38. The molecule has 0 aliphatic rings. The fourth-order valence-electron chi connectivity index (χ4n) is 2.15. The molecule has 3 aromatic rings. The van der Waals surface area contributed by atoms with Crippen molar-refractivity contribution in [2.45, 2.75) is 12.5 Å². The summed E-state index contributed by atoms with van der Waals surface area (Å²) < 4.78 is 18.6. The summed E-state index contributed by atoms with van der Waals surface area (Å²) in [4.78, 5) is 4.13. The number of anilines is 1. The van der Waals surface area contributed by atoms with Crippen LogP contribution in [0.25, 0.3) is 11.1 Å². The fourth-order valence-corrected chi connectivity index (χ4v) is 2.34. The van der Waals surface area contributed by atoms with Gasteiger partial charge in [-0.2, -0.15) is 4.98 Å². The molecule has 0 saturated heterocycles. The third-order valence-corrected chi connectivity index (χ3v) is 3.62. The lowest BCUT2D eigenvalue weighted by Gasteiger charge is -2.23. The van der Waals surface area contributed by atoms with Crippen LogP contribution in [0, 0.1) is 5.82 Å². The highest BCUT2D eigenvalue weighted by Gasteiger charge is 2.24. The highest BCUT2D eigenvalue weighted by Crippen LogP contribution is 2.25. The van der Waals surface area contributed by atoms with Gasteiger partial charge in [-0.15, -0.1) is 0 Å². The summed E-state index contributed by atoms with van der Waals surface area (Å²) in [5.74, 6) is -0.377. The average molecular weight is 321 g/mol. The van der Waals surface area contributed by atoms with Crippen LogP contribution in [0.1, 0.15) is 12.5 Å². The van der Waals surface area contributed by atoms with E-state index < -0.39 is 5.60 Å². The molecule has 0 bridgehead atoms. The van der Waals surface area contributed by atoms with E-state index in [9.17, 15) is 9.50 Å². The van der Waals surface area contributed by atoms with Gasteiger partial charge in [-0.25, -0.2) is 4.39 Å². The number of rotatable bonds is 4. The second-order valence-electron chi connectivity index (χ2n) is 5.27. The molecule has 1 atom stereocenters. The van der Waals surface area contributed by atoms with Gasteiger partial charge in [0.25, 0.3) is 6.01 Å². The van der Waals surface area contributed by atoms with Gasteiger partial charge >= 0.3 is 0 Å². The lowest BCUT2D eigenvalue weighted by Crippen LogP contribution is -2.30. The quantitative estimate of drug-likeness (QED) is 0.764. The Bertz CT molecular complexity index is 817. The van der Waals surface area contributed by atoms with E-state index >= 15 is 0 Å². The van der Waals surface area contributed by atoms with E-state index in [-0.39, 0.29) is 18.4 Å². The zero-order chi connectivity index (χ0) is 15.7. The number of hydrogen-bond acceptors (Lipinski definition) is 4. The van der Waals surface area contributed by atoms with E-state index in [1.165, 1.54) is 18.2 Å². The van der Waals surface area contributed by atoms with E-state index in [1.54, 1.807) is 31.2 Å². The molecular formula is C16H14ClFN2O2. The zero-order valence-corrected chi connectivity index (χ0v) is 12.6. The minimum Gasteiger partial charge on any atom is -0.424 e. The Labute approximate surface area is 131 Å². The van der Waals surface area contributed by atoms with Gasteiger partial charge in [-0.1, -0.05) is 23.7 Å². The Morgan fingerprint density at radius 1 is 1.32 bits per heavy atom. The Morgan fingerprint density at radius 3 is 2.91 bits per heavy atom. The summed E-state index contributed by atoms with van der Waals surface area (Å²) in [5.41, 5.74) is 0.419. The van der Waals surface area contributed by atoms with Crippen molar-refractivity contribution in [2.24, 2.45) is 0 Å². The maximum absolute atomic E-state index is 13.1. The second-order valence-corrected chi connectivity index (χ2v) is 5.71. The molecule has 114 valence electrons. The van der Waals surface area contributed by atoms with Crippen LogP contribution in [0.15, 0.2) is 46.9 Å². The van der Waals surface area contributed by atoms with Crippen molar-refractivity contribution in [2.75, 3.05) is 11.9 Å². The molecule has 0 fully saturated rings. The van der Waals surface area contributed by atoms with Gasteiger partial charge in [0.2, 0.25) is 0 Å². The molecule has 0 saturated carbocycles. The molecule has 1 heterocycles. The van der Waals surface area contributed by atoms with Gasteiger partial charge in [0.15, 0.2) is 5.58 Å². The molecule has 6 heteroatoms. The number of nitrogens with zero attached hydrogens (tertiary/aromatic N) is 1. The molecular weight excluding hydrogens is 307 g/mol. The van der Waals surface area contributed by atoms with Crippen molar-refractivity contribution < 1.29 is 13.9 Å². The molecule has 4 nitrogen and oxygen atoms in total. The summed E-state index contributed by atoms with van der Waals surface area (Å²) in [6.45, 7) is 1.83. The third kappa shape index (κ3) is 3.05. The van der Waals surface area contributed by atoms with Crippen molar-refractivity contribution in [3.05, 3.63) is 58.9 Å². The number of hydrogen-bond donors (Lipinski definition) is 2. The predicted molar refractivity (Wildman–Crippen MR) is 83.5 cm³/mol.